The highest BCUT2D eigenvalue weighted by molar-refractivity contribution is 5.95. The molecule has 2 aromatic carbocycles. The molecule has 158 valence electrons. The maximum atomic E-state index is 14.2. The van der Waals surface area contributed by atoms with E-state index in [1.807, 2.05) is 29.2 Å². The molecule has 2 saturated heterocycles. The van der Waals surface area contributed by atoms with Crippen LogP contribution in [0.4, 0.5) is 4.39 Å². The first-order valence-electron chi connectivity index (χ1n) is 10.5. The number of nitrogens with zero attached hydrogens (tertiary/aromatic N) is 2. The summed E-state index contributed by atoms with van der Waals surface area (Å²) in [6, 6.07) is 13.7. The number of piperidine rings is 1. The number of methoxy groups -OCH3 is 1. The molecular formula is C24H27FN2O3. The van der Waals surface area contributed by atoms with Gasteiger partial charge in [0, 0.05) is 32.1 Å². The summed E-state index contributed by atoms with van der Waals surface area (Å²) in [5, 5.41) is 0. The number of rotatable bonds is 4. The minimum atomic E-state index is -0.536. The summed E-state index contributed by atoms with van der Waals surface area (Å²) in [7, 11) is 1.61. The average Bonchev–Trinajstić information content (AvgIpc) is 3.24. The third kappa shape index (κ3) is 4.04. The van der Waals surface area contributed by atoms with Crippen molar-refractivity contribution in [1.82, 2.24) is 9.80 Å². The maximum absolute atomic E-state index is 14.2. The lowest BCUT2D eigenvalue weighted by atomic mass is 9.87. The van der Waals surface area contributed by atoms with Crippen LogP contribution in [0.2, 0.25) is 0 Å². The number of hydrogen-bond donors (Lipinski definition) is 0. The Morgan fingerprint density at radius 1 is 0.967 bits per heavy atom. The zero-order valence-corrected chi connectivity index (χ0v) is 17.2. The van der Waals surface area contributed by atoms with E-state index in [9.17, 15) is 14.0 Å². The van der Waals surface area contributed by atoms with E-state index in [-0.39, 0.29) is 29.2 Å². The molecule has 30 heavy (non-hydrogen) atoms. The smallest absolute Gasteiger partial charge is 0.256 e. The molecule has 2 aromatic rings. The predicted octanol–water partition coefficient (Wildman–Crippen LogP) is 3.70. The van der Waals surface area contributed by atoms with Crippen molar-refractivity contribution in [3.05, 3.63) is 65.5 Å². The molecule has 2 atom stereocenters. The molecule has 2 aliphatic heterocycles. The average molecular weight is 410 g/mol. The second kappa shape index (κ2) is 8.86. The molecule has 0 saturated carbocycles. The molecule has 0 bridgehead atoms. The van der Waals surface area contributed by atoms with Crippen LogP contribution in [0, 0.1) is 11.7 Å². The lowest BCUT2D eigenvalue weighted by Crippen LogP contribution is -2.42. The molecule has 6 heteroatoms. The fourth-order valence-electron chi connectivity index (χ4n) is 4.58. The third-order valence-corrected chi connectivity index (χ3v) is 6.22. The lowest BCUT2D eigenvalue weighted by molar-refractivity contribution is -0.136. The molecule has 4 rings (SSSR count). The van der Waals surface area contributed by atoms with E-state index in [4.69, 9.17) is 4.74 Å². The van der Waals surface area contributed by atoms with E-state index < -0.39 is 5.82 Å². The molecule has 2 unspecified atom stereocenters. The number of amides is 2. The highest BCUT2D eigenvalue weighted by atomic mass is 19.1. The fourth-order valence-corrected chi connectivity index (χ4v) is 4.58. The van der Waals surface area contributed by atoms with Crippen LogP contribution in [0.1, 0.15) is 41.1 Å². The highest BCUT2D eigenvalue weighted by Gasteiger charge is 2.42. The summed E-state index contributed by atoms with van der Waals surface area (Å²) in [5.74, 6) is -0.584. The second-order valence-electron chi connectivity index (χ2n) is 8.07. The normalized spacial score (nSPS) is 21.5. The van der Waals surface area contributed by atoms with Gasteiger partial charge in [0.25, 0.3) is 5.91 Å². The van der Waals surface area contributed by atoms with Crippen LogP contribution in [0.3, 0.4) is 0 Å². The first kappa shape index (κ1) is 20.4. The zero-order chi connectivity index (χ0) is 21.1. The number of hydrogen-bond acceptors (Lipinski definition) is 3. The van der Waals surface area contributed by atoms with Crippen LogP contribution in [0.15, 0.2) is 48.5 Å². The summed E-state index contributed by atoms with van der Waals surface area (Å²) >= 11 is 0. The van der Waals surface area contributed by atoms with Crippen LogP contribution in [-0.4, -0.2) is 54.9 Å². The lowest BCUT2D eigenvalue weighted by Gasteiger charge is -2.31. The Balaban J connectivity index is 1.63. The third-order valence-electron chi connectivity index (χ3n) is 6.22. The Bertz CT molecular complexity index is 926. The van der Waals surface area contributed by atoms with Gasteiger partial charge in [-0.25, -0.2) is 4.39 Å². The van der Waals surface area contributed by atoms with Gasteiger partial charge in [-0.1, -0.05) is 24.3 Å². The van der Waals surface area contributed by atoms with Gasteiger partial charge in [0.2, 0.25) is 5.91 Å². The number of halogens is 1. The van der Waals surface area contributed by atoms with Crippen molar-refractivity contribution in [1.29, 1.82) is 0 Å². The van der Waals surface area contributed by atoms with Crippen LogP contribution in [0.25, 0.3) is 0 Å². The topological polar surface area (TPSA) is 49.9 Å². The Labute approximate surface area is 176 Å². The minimum Gasteiger partial charge on any atom is -0.497 e. The molecule has 5 nitrogen and oxygen atoms in total. The van der Waals surface area contributed by atoms with Crippen molar-refractivity contribution < 1.29 is 18.7 Å². The molecule has 2 aliphatic rings. The van der Waals surface area contributed by atoms with Crippen molar-refractivity contribution in [2.75, 3.05) is 33.3 Å². The predicted molar refractivity (Wildman–Crippen MR) is 112 cm³/mol. The van der Waals surface area contributed by atoms with Gasteiger partial charge in [0.1, 0.15) is 11.6 Å². The van der Waals surface area contributed by atoms with Crippen LogP contribution < -0.4 is 4.74 Å². The van der Waals surface area contributed by atoms with E-state index in [2.05, 4.69) is 0 Å². The van der Waals surface area contributed by atoms with Gasteiger partial charge in [-0.15, -0.1) is 0 Å². The van der Waals surface area contributed by atoms with Gasteiger partial charge >= 0.3 is 0 Å². The van der Waals surface area contributed by atoms with Gasteiger partial charge in [-0.05, 0) is 49.1 Å². The Morgan fingerprint density at radius 2 is 1.73 bits per heavy atom. The van der Waals surface area contributed by atoms with Crippen molar-refractivity contribution in [2.24, 2.45) is 5.92 Å². The second-order valence-corrected chi connectivity index (χ2v) is 8.07. The maximum Gasteiger partial charge on any atom is 0.256 e. The number of carbonyl (C=O) groups excluding carboxylic acids is 2. The molecular weight excluding hydrogens is 383 g/mol. The number of benzene rings is 2. The molecule has 2 amide bonds. The first-order valence-corrected chi connectivity index (χ1v) is 10.5. The molecule has 0 aliphatic carbocycles. The number of ether oxygens (including phenoxy) is 1. The van der Waals surface area contributed by atoms with Crippen molar-refractivity contribution in [2.45, 2.75) is 25.2 Å². The Hall–Kier alpha value is -2.89. The van der Waals surface area contributed by atoms with E-state index in [1.165, 1.54) is 12.1 Å². The minimum absolute atomic E-state index is 0.0490. The molecule has 2 fully saturated rings. The standard InChI is InChI=1S/C24H27FN2O3/c1-30-18-9-7-8-17(14-18)20-15-27(23(28)19-10-3-4-11-22(19)25)16-21(20)24(29)26-12-5-2-6-13-26/h3-4,7-11,14,20-21H,2,5-6,12-13,15-16H2,1H3. The summed E-state index contributed by atoms with van der Waals surface area (Å²) in [5.41, 5.74) is 1.02. The summed E-state index contributed by atoms with van der Waals surface area (Å²) in [6.07, 6.45) is 3.17. The van der Waals surface area contributed by atoms with Gasteiger partial charge in [0.15, 0.2) is 0 Å². The fraction of sp³-hybridized carbons (Fsp3) is 0.417. The summed E-state index contributed by atoms with van der Waals surface area (Å²) < 4.78 is 19.6. The molecule has 0 spiro atoms. The van der Waals surface area contributed by atoms with Gasteiger partial charge in [-0.3, -0.25) is 9.59 Å². The van der Waals surface area contributed by atoms with Crippen LogP contribution in [-0.2, 0) is 4.79 Å². The molecule has 0 radical (unpaired) electrons. The van der Waals surface area contributed by atoms with E-state index in [0.29, 0.717) is 13.1 Å². The van der Waals surface area contributed by atoms with Gasteiger partial charge in [0.05, 0.1) is 18.6 Å². The largest absolute Gasteiger partial charge is 0.497 e. The monoisotopic (exact) mass is 410 g/mol. The van der Waals surface area contributed by atoms with E-state index in [1.54, 1.807) is 24.1 Å². The van der Waals surface area contributed by atoms with Crippen LogP contribution >= 0.6 is 0 Å². The number of likely N-dealkylation sites (tertiary alicyclic amines) is 2. The highest BCUT2D eigenvalue weighted by Crippen LogP contribution is 2.36. The van der Waals surface area contributed by atoms with Gasteiger partial charge < -0.3 is 14.5 Å². The Morgan fingerprint density at radius 3 is 2.47 bits per heavy atom. The molecule has 0 aromatic heterocycles. The molecule has 2 heterocycles. The van der Waals surface area contributed by atoms with Crippen molar-refractivity contribution >= 4 is 11.8 Å². The zero-order valence-electron chi connectivity index (χ0n) is 17.2. The Kier molecular flexibility index (Phi) is 6.02. The van der Waals surface area contributed by atoms with Crippen molar-refractivity contribution in [3.8, 4) is 5.75 Å². The quantitative estimate of drug-likeness (QED) is 0.772. The first-order chi connectivity index (χ1) is 14.6. The summed E-state index contributed by atoms with van der Waals surface area (Å²) in [4.78, 5) is 30.0. The molecule has 0 N–H and O–H groups in total. The van der Waals surface area contributed by atoms with E-state index in [0.717, 1.165) is 43.7 Å². The SMILES string of the molecule is COc1cccc(C2CN(C(=O)c3ccccc3F)CC2C(=O)N2CCCCC2)c1. The van der Waals surface area contributed by atoms with Crippen molar-refractivity contribution in [3.63, 3.8) is 0 Å². The van der Waals surface area contributed by atoms with E-state index >= 15 is 0 Å². The van der Waals surface area contributed by atoms with Crippen LogP contribution in [0.5, 0.6) is 5.75 Å². The number of carbonyl (C=O) groups is 2. The van der Waals surface area contributed by atoms with Gasteiger partial charge in [-0.2, -0.15) is 0 Å². The summed E-state index contributed by atoms with van der Waals surface area (Å²) in [6.45, 7) is 2.21.